The van der Waals surface area contributed by atoms with Crippen molar-refractivity contribution in [1.82, 2.24) is 20.2 Å². The van der Waals surface area contributed by atoms with E-state index >= 15 is 0 Å². The third-order valence-electron chi connectivity index (χ3n) is 3.79. The molecule has 8 heteroatoms. The van der Waals surface area contributed by atoms with Crippen molar-refractivity contribution in [3.8, 4) is 0 Å². The molecule has 2 aliphatic rings. The number of rotatable bonds is 4. The molecule has 0 aliphatic carbocycles. The Balaban J connectivity index is 1.75. The third kappa shape index (κ3) is 2.70. The predicted molar refractivity (Wildman–Crippen MR) is 76.9 cm³/mol. The van der Waals surface area contributed by atoms with Crippen molar-refractivity contribution in [2.24, 2.45) is 0 Å². The maximum absolute atomic E-state index is 14.0. The molecule has 2 amide bonds. The summed E-state index contributed by atoms with van der Waals surface area (Å²) in [7, 11) is 0. The van der Waals surface area contributed by atoms with Crippen LogP contribution in [0.5, 0.6) is 0 Å². The summed E-state index contributed by atoms with van der Waals surface area (Å²) in [5.74, 6) is 0.321. The molecule has 2 N–H and O–H groups in total. The van der Waals surface area contributed by atoms with E-state index in [1.807, 2.05) is 11.8 Å². The van der Waals surface area contributed by atoms with E-state index in [-0.39, 0.29) is 12.1 Å². The van der Waals surface area contributed by atoms with Gasteiger partial charge in [-0.15, -0.1) is 0 Å². The first-order valence-electron chi connectivity index (χ1n) is 7.25. The van der Waals surface area contributed by atoms with Crippen molar-refractivity contribution >= 4 is 17.8 Å². The standard InChI is InChI=1S/C13H19FN6O/c1-2-3-15-12-16-7-10(14)11(18-12)19-4-5-20-9(8-19)6-17-13(20)21/h7,9H,2-6,8H2,1H3,(H,17,21)(H,15,16,18). The Morgan fingerprint density at radius 2 is 2.38 bits per heavy atom. The highest BCUT2D eigenvalue weighted by atomic mass is 19.1. The van der Waals surface area contributed by atoms with E-state index in [0.29, 0.717) is 37.9 Å². The van der Waals surface area contributed by atoms with Crippen molar-refractivity contribution in [3.63, 3.8) is 0 Å². The molecule has 1 aromatic rings. The topological polar surface area (TPSA) is 73.4 Å². The van der Waals surface area contributed by atoms with Crippen LogP contribution in [-0.2, 0) is 0 Å². The lowest BCUT2D eigenvalue weighted by molar-refractivity contribution is 0.197. The molecule has 2 saturated heterocycles. The van der Waals surface area contributed by atoms with Crippen LogP contribution >= 0.6 is 0 Å². The molecule has 2 aliphatic heterocycles. The van der Waals surface area contributed by atoms with E-state index in [1.54, 1.807) is 4.90 Å². The summed E-state index contributed by atoms with van der Waals surface area (Å²) in [6.07, 6.45) is 2.15. The molecule has 3 rings (SSSR count). The Labute approximate surface area is 122 Å². The second-order valence-electron chi connectivity index (χ2n) is 5.27. The van der Waals surface area contributed by atoms with Crippen molar-refractivity contribution in [2.45, 2.75) is 19.4 Å². The first-order valence-corrected chi connectivity index (χ1v) is 7.25. The van der Waals surface area contributed by atoms with Crippen molar-refractivity contribution in [3.05, 3.63) is 12.0 Å². The zero-order chi connectivity index (χ0) is 14.8. The number of carbonyl (C=O) groups is 1. The summed E-state index contributed by atoms with van der Waals surface area (Å²) in [4.78, 5) is 23.5. The summed E-state index contributed by atoms with van der Waals surface area (Å²) in [5.41, 5.74) is 0. The molecule has 1 aromatic heterocycles. The van der Waals surface area contributed by atoms with Gasteiger partial charge < -0.3 is 20.4 Å². The molecule has 2 fully saturated rings. The van der Waals surface area contributed by atoms with Gasteiger partial charge in [0, 0.05) is 32.7 Å². The number of piperazine rings is 1. The second-order valence-corrected chi connectivity index (χ2v) is 5.27. The molecular weight excluding hydrogens is 275 g/mol. The summed E-state index contributed by atoms with van der Waals surface area (Å²) in [6, 6.07) is 0.0424. The Morgan fingerprint density at radius 1 is 1.52 bits per heavy atom. The highest BCUT2D eigenvalue weighted by molar-refractivity contribution is 5.77. The monoisotopic (exact) mass is 294 g/mol. The van der Waals surface area contributed by atoms with Gasteiger partial charge in [0.05, 0.1) is 12.2 Å². The number of anilines is 2. The van der Waals surface area contributed by atoms with E-state index in [9.17, 15) is 9.18 Å². The fourth-order valence-electron chi connectivity index (χ4n) is 2.70. The number of halogens is 1. The molecule has 0 bridgehead atoms. The van der Waals surface area contributed by atoms with Gasteiger partial charge in [0.1, 0.15) is 0 Å². The van der Waals surface area contributed by atoms with Gasteiger partial charge in [-0.25, -0.2) is 14.2 Å². The van der Waals surface area contributed by atoms with E-state index in [2.05, 4.69) is 20.6 Å². The van der Waals surface area contributed by atoms with Gasteiger partial charge in [0.15, 0.2) is 11.6 Å². The summed E-state index contributed by atoms with van der Waals surface area (Å²) in [6.45, 7) is 5.13. The molecule has 21 heavy (non-hydrogen) atoms. The average Bonchev–Trinajstić information content (AvgIpc) is 2.87. The van der Waals surface area contributed by atoms with E-state index in [0.717, 1.165) is 13.0 Å². The zero-order valence-electron chi connectivity index (χ0n) is 12.0. The number of hydrogen-bond donors (Lipinski definition) is 2. The normalized spacial score (nSPS) is 21.2. The van der Waals surface area contributed by atoms with Crippen molar-refractivity contribution in [1.29, 1.82) is 0 Å². The molecule has 0 saturated carbocycles. The molecule has 0 radical (unpaired) electrons. The number of fused-ring (bicyclic) bond motifs is 1. The van der Waals surface area contributed by atoms with Crippen LogP contribution in [0.15, 0.2) is 6.20 Å². The van der Waals surface area contributed by atoms with E-state index < -0.39 is 5.82 Å². The maximum atomic E-state index is 14.0. The number of hydrogen-bond acceptors (Lipinski definition) is 5. The molecule has 7 nitrogen and oxygen atoms in total. The summed E-state index contributed by atoms with van der Waals surface area (Å²) >= 11 is 0. The largest absolute Gasteiger partial charge is 0.354 e. The van der Waals surface area contributed by atoms with Gasteiger partial charge in [0.25, 0.3) is 0 Å². The van der Waals surface area contributed by atoms with E-state index in [4.69, 9.17) is 0 Å². The minimum Gasteiger partial charge on any atom is -0.354 e. The Bertz CT molecular complexity index is 539. The molecule has 3 heterocycles. The van der Waals surface area contributed by atoms with Crippen LogP contribution < -0.4 is 15.5 Å². The Morgan fingerprint density at radius 3 is 3.19 bits per heavy atom. The highest BCUT2D eigenvalue weighted by Gasteiger charge is 2.36. The minimum absolute atomic E-state index is 0.0342. The Kier molecular flexibility index (Phi) is 3.76. The number of aromatic nitrogens is 2. The number of urea groups is 1. The number of amides is 2. The lowest BCUT2D eigenvalue weighted by Gasteiger charge is -2.37. The number of nitrogens with zero attached hydrogens (tertiary/aromatic N) is 4. The smallest absolute Gasteiger partial charge is 0.317 e. The van der Waals surface area contributed by atoms with Crippen LogP contribution in [0.25, 0.3) is 0 Å². The molecular formula is C13H19FN6O. The van der Waals surface area contributed by atoms with Crippen LogP contribution in [0, 0.1) is 5.82 Å². The van der Waals surface area contributed by atoms with Crippen LogP contribution in [0.3, 0.4) is 0 Å². The van der Waals surface area contributed by atoms with Gasteiger partial charge >= 0.3 is 6.03 Å². The summed E-state index contributed by atoms with van der Waals surface area (Å²) < 4.78 is 14.0. The van der Waals surface area contributed by atoms with Crippen LogP contribution in [0.1, 0.15) is 13.3 Å². The number of nitrogens with one attached hydrogen (secondary N) is 2. The van der Waals surface area contributed by atoms with Crippen molar-refractivity contribution < 1.29 is 9.18 Å². The lowest BCUT2D eigenvalue weighted by atomic mass is 10.2. The summed E-state index contributed by atoms with van der Waals surface area (Å²) in [5, 5.41) is 5.87. The van der Waals surface area contributed by atoms with Gasteiger partial charge in [-0.05, 0) is 6.42 Å². The first-order chi connectivity index (χ1) is 10.2. The van der Waals surface area contributed by atoms with Crippen LogP contribution in [-0.4, -0.2) is 59.7 Å². The zero-order valence-corrected chi connectivity index (χ0v) is 12.0. The third-order valence-corrected chi connectivity index (χ3v) is 3.79. The molecule has 0 aromatic carbocycles. The second kappa shape index (κ2) is 5.71. The molecule has 1 atom stereocenters. The van der Waals surface area contributed by atoms with Crippen molar-refractivity contribution in [2.75, 3.05) is 42.9 Å². The molecule has 1 unspecified atom stereocenters. The molecule has 0 spiro atoms. The van der Waals surface area contributed by atoms with Gasteiger partial charge in [0.2, 0.25) is 5.95 Å². The van der Waals surface area contributed by atoms with Crippen LogP contribution in [0.4, 0.5) is 21.0 Å². The minimum atomic E-state index is -0.428. The predicted octanol–water partition coefficient (Wildman–Crippen LogP) is 0.651. The lowest BCUT2D eigenvalue weighted by Crippen LogP contribution is -2.52. The van der Waals surface area contributed by atoms with Gasteiger partial charge in [-0.2, -0.15) is 4.98 Å². The SMILES string of the molecule is CCCNc1ncc(F)c(N2CCN3C(=O)NCC3C2)n1. The van der Waals surface area contributed by atoms with E-state index in [1.165, 1.54) is 6.20 Å². The maximum Gasteiger partial charge on any atom is 0.317 e. The average molecular weight is 294 g/mol. The Hall–Kier alpha value is -2.12. The quantitative estimate of drug-likeness (QED) is 0.853. The van der Waals surface area contributed by atoms with Gasteiger partial charge in [-0.1, -0.05) is 6.92 Å². The van der Waals surface area contributed by atoms with Gasteiger partial charge in [-0.3, -0.25) is 0 Å². The van der Waals surface area contributed by atoms with Crippen LogP contribution in [0.2, 0.25) is 0 Å². The number of carbonyl (C=O) groups excluding carboxylic acids is 1. The first kappa shape index (κ1) is 13.8. The molecule has 114 valence electrons. The highest BCUT2D eigenvalue weighted by Crippen LogP contribution is 2.22. The fraction of sp³-hybridized carbons (Fsp3) is 0.615. The fourth-order valence-corrected chi connectivity index (χ4v) is 2.70.